The number of benzene rings is 2. The van der Waals surface area contributed by atoms with Gasteiger partial charge in [-0.3, -0.25) is 0 Å². The number of carboxylic acid groups (broad SMARTS) is 1. The average Bonchev–Trinajstić information content (AvgIpc) is 2.43. The fourth-order valence-corrected chi connectivity index (χ4v) is 2.25. The van der Waals surface area contributed by atoms with Crippen LogP contribution in [0, 0.1) is 12.7 Å². The highest BCUT2D eigenvalue weighted by atomic mass is 19.1. The predicted molar refractivity (Wildman–Crippen MR) is 81.3 cm³/mol. The first kappa shape index (κ1) is 15.0. The zero-order chi connectivity index (χ0) is 15.4. The SMILES string of the molecule is Cc1cc(C(=O)O)ccc1NC(C)Cc1ccc(F)cc1. The van der Waals surface area contributed by atoms with E-state index in [1.165, 1.54) is 12.1 Å². The van der Waals surface area contributed by atoms with E-state index in [1.807, 2.05) is 13.8 Å². The van der Waals surface area contributed by atoms with Gasteiger partial charge in [-0.15, -0.1) is 0 Å². The summed E-state index contributed by atoms with van der Waals surface area (Å²) in [6.45, 7) is 3.91. The van der Waals surface area contributed by atoms with Crippen LogP contribution in [0.4, 0.5) is 10.1 Å². The fraction of sp³-hybridized carbons (Fsp3) is 0.235. The monoisotopic (exact) mass is 287 g/mol. The molecule has 2 rings (SSSR count). The Morgan fingerprint density at radius 3 is 2.48 bits per heavy atom. The van der Waals surface area contributed by atoms with Gasteiger partial charge in [-0.2, -0.15) is 0 Å². The van der Waals surface area contributed by atoms with Crippen molar-refractivity contribution in [2.75, 3.05) is 5.32 Å². The van der Waals surface area contributed by atoms with Crippen molar-refractivity contribution >= 4 is 11.7 Å². The van der Waals surface area contributed by atoms with Crippen LogP contribution in [0.25, 0.3) is 0 Å². The number of carbonyl (C=O) groups is 1. The molecule has 1 atom stereocenters. The first-order valence-corrected chi connectivity index (χ1v) is 6.80. The molecule has 2 aromatic carbocycles. The standard InChI is InChI=1S/C17H18FNO2/c1-11-9-14(17(20)21)5-8-16(11)19-12(2)10-13-3-6-15(18)7-4-13/h3-9,12,19H,10H2,1-2H3,(H,20,21). The Bertz CT molecular complexity index is 638. The summed E-state index contributed by atoms with van der Waals surface area (Å²) in [5, 5.41) is 12.3. The van der Waals surface area contributed by atoms with Crippen LogP contribution in [0.2, 0.25) is 0 Å². The maximum absolute atomic E-state index is 12.9. The molecule has 4 heteroatoms. The molecule has 0 aromatic heterocycles. The van der Waals surface area contributed by atoms with Crippen molar-refractivity contribution in [2.45, 2.75) is 26.3 Å². The van der Waals surface area contributed by atoms with Crippen molar-refractivity contribution in [2.24, 2.45) is 0 Å². The molecular formula is C17H18FNO2. The first-order chi connectivity index (χ1) is 9.95. The molecule has 0 radical (unpaired) electrons. The predicted octanol–water partition coefficient (Wildman–Crippen LogP) is 3.88. The molecule has 2 aromatic rings. The van der Waals surface area contributed by atoms with Crippen LogP contribution in [0.1, 0.15) is 28.4 Å². The van der Waals surface area contributed by atoms with Crippen LogP contribution in [0.5, 0.6) is 0 Å². The van der Waals surface area contributed by atoms with Crippen LogP contribution < -0.4 is 5.32 Å². The summed E-state index contributed by atoms with van der Waals surface area (Å²) in [4.78, 5) is 10.9. The van der Waals surface area contributed by atoms with Crippen molar-refractivity contribution in [3.63, 3.8) is 0 Å². The average molecular weight is 287 g/mol. The summed E-state index contributed by atoms with van der Waals surface area (Å²) >= 11 is 0. The van der Waals surface area contributed by atoms with E-state index < -0.39 is 5.97 Å². The second kappa shape index (κ2) is 6.39. The molecule has 0 amide bonds. The van der Waals surface area contributed by atoms with Gasteiger partial charge in [0.1, 0.15) is 5.82 Å². The zero-order valence-corrected chi connectivity index (χ0v) is 12.1. The second-order valence-corrected chi connectivity index (χ2v) is 5.21. The van der Waals surface area contributed by atoms with Crippen LogP contribution in [-0.2, 0) is 6.42 Å². The smallest absolute Gasteiger partial charge is 0.335 e. The third-order valence-corrected chi connectivity index (χ3v) is 3.33. The molecule has 0 aliphatic heterocycles. The molecule has 0 aliphatic carbocycles. The molecule has 0 fully saturated rings. The number of hydrogen-bond donors (Lipinski definition) is 2. The summed E-state index contributed by atoms with van der Waals surface area (Å²) in [5.74, 6) is -1.16. The number of rotatable bonds is 5. The third-order valence-electron chi connectivity index (χ3n) is 3.33. The normalized spacial score (nSPS) is 12.0. The van der Waals surface area contributed by atoms with Gasteiger partial charge < -0.3 is 10.4 Å². The summed E-state index contributed by atoms with van der Waals surface area (Å²) in [6, 6.07) is 11.6. The minimum Gasteiger partial charge on any atom is -0.478 e. The molecule has 1 unspecified atom stereocenters. The Labute approximate surface area is 123 Å². The molecule has 3 nitrogen and oxygen atoms in total. The Kier molecular flexibility index (Phi) is 4.58. The molecule has 110 valence electrons. The quantitative estimate of drug-likeness (QED) is 0.877. The minimum absolute atomic E-state index is 0.157. The number of hydrogen-bond acceptors (Lipinski definition) is 2. The summed E-state index contributed by atoms with van der Waals surface area (Å²) < 4.78 is 12.9. The highest BCUT2D eigenvalue weighted by Crippen LogP contribution is 2.18. The van der Waals surface area contributed by atoms with Gasteiger partial charge in [-0.1, -0.05) is 12.1 Å². The Morgan fingerprint density at radius 2 is 1.90 bits per heavy atom. The van der Waals surface area contributed by atoms with Gasteiger partial charge in [0.15, 0.2) is 0 Å². The zero-order valence-electron chi connectivity index (χ0n) is 12.1. The van der Waals surface area contributed by atoms with Gasteiger partial charge in [-0.25, -0.2) is 9.18 Å². The van der Waals surface area contributed by atoms with Crippen molar-refractivity contribution in [1.29, 1.82) is 0 Å². The van der Waals surface area contributed by atoms with E-state index in [2.05, 4.69) is 5.32 Å². The number of nitrogens with one attached hydrogen (secondary N) is 1. The van der Waals surface area contributed by atoms with Crippen LogP contribution >= 0.6 is 0 Å². The van der Waals surface area contributed by atoms with E-state index in [1.54, 1.807) is 30.3 Å². The van der Waals surface area contributed by atoms with Crippen molar-refractivity contribution < 1.29 is 14.3 Å². The van der Waals surface area contributed by atoms with Crippen LogP contribution in [0.3, 0.4) is 0 Å². The second-order valence-electron chi connectivity index (χ2n) is 5.21. The lowest BCUT2D eigenvalue weighted by atomic mass is 10.1. The van der Waals surface area contributed by atoms with Crippen LogP contribution in [-0.4, -0.2) is 17.1 Å². The van der Waals surface area contributed by atoms with E-state index in [0.29, 0.717) is 0 Å². The largest absolute Gasteiger partial charge is 0.478 e. The Hall–Kier alpha value is -2.36. The number of halogens is 1. The maximum atomic E-state index is 12.9. The molecule has 21 heavy (non-hydrogen) atoms. The van der Waals surface area contributed by atoms with Crippen molar-refractivity contribution in [1.82, 2.24) is 0 Å². The number of carboxylic acids is 1. The Morgan fingerprint density at radius 1 is 1.24 bits per heavy atom. The van der Waals surface area contributed by atoms with Gasteiger partial charge in [0.2, 0.25) is 0 Å². The topological polar surface area (TPSA) is 49.3 Å². The lowest BCUT2D eigenvalue weighted by Gasteiger charge is -2.17. The van der Waals surface area contributed by atoms with Crippen molar-refractivity contribution in [3.05, 3.63) is 65.0 Å². The van der Waals surface area contributed by atoms with E-state index in [4.69, 9.17) is 5.11 Å². The lowest BCUT2D eigenvalue weighted by Crippen LogP contribution is -2.18. The van der Waals surface area contributed by atoms with Crippen LogP contribution in [0.15, 0.2) is 42.5 Å². The summed E-state index contributed by atoms with van der Waals surface area (Å²) in [7, 11) is 0. The Balaban J connectivity index is 2.04. The first-order valence-electron chi connectivity index (χ1n) is 6.80. The highest BCUT2D eigenvalue weighted by molar-refractivity contribution is 5.88. The van der Waals surface area contributed by atoms with Crippen molar-refractivity contribution in [3.8, 4) is 0 Å². The fourth-order valence-electron chi connectivity index (χ4n) is 2.25. The number of aryl methyl sites for hydroxylation is 1. The van der Waals surface area contributed by atoms with Gasteiger partial charge >= 0.3 is 5.97 Å². The highest BCUT2D eigenvalue weighted by Gasteiger charge is 2.08. The molecule has 0 aliphatic rings. The van der Waals surface area contributed by atoms with E-state index in [9.17, 15) is 9.18 Å². The summed E-state index contributed by atoms with van der Waals surface area (Å²) in [6.07, 6.45) is 0.764. The van der Waals surface area contributed by atoms with Gasteiger partial charge in [-0.05, 0) is 61.7 Å². The van der Waals surface area contributed by atoms with Gasteiger partial charge in [0.05, 0.1) is 5.56 Å². The number of aromatic carboxylic acids is 1. The van der Waals surface area contributed by atoms with Gasteiger partial charge in [0, 0.05) is 11.7 Å². The number of anilines is 1. The molecule has 0 heterocycles. The minimum atomic E-state index is -0.927. The summed E-state index contributed by atoms with van der Waals surface area (Å²) in [5.41, 5.74) is 3.14. The molecule has 0 saturated carbocycles. The lowest BCUT2D eigenvalue weighted by molar-refractivity contribution is 0.0697. The van der Waals surface area contributed by atoms with Gasteiger partial charge in [0.25, 0.3) is 0 Å². The molecular weight excluding hydrogens is 269 g/mol. The third kappa shape index (κ3) is 4.05. The molecule has 0 bridgehead atoms. The van der Waals surface area contributed by atoms with E-state index >= 15 is 0 Å². The molecule has 0 saturated heterocycles. The molecule has 2 N–H and O–H groups in total. The molecule has 0 spiro atoms. The van der Waals surface area contributed by atoms with E-state index in [0.717, 1.165) is 23.2 Å². The maximum Gasteiger partial charge on any atom is 0.335 e. The van der Waals surface area contributed by atoms with E-state index in [-0.39, 0.29) is 17.4 Å².